The third-order valence-electron chi connectivity index (χ3n) is 4.15. The number of pyridine rings is 1. The van der Waals surface area contributed by atoms with Gasteiger partial charge in [0, 0.05) is 35.3 Å². The number of carbonyl (C=O) groups is 2. The van der Waals surface area contributed by atoms with E-state index in [-0.39, 0.29) is 6.04 Å². The number of fused-ring (bicyclic) bond motifs is 1. The minimum atomic E-state index is -0.744. The fraction of sp³-hybridized carbons (Fsp3) is 0.158. The third-order valence-corrected chi connectivity index (χ3v) is 4.91. The Kier molecular flexibility index (Phi) is 4.80. The van der Waals surface area contributed by atoms with E-state index in [4.69, 9.17) is 4.74 Å². The molecule has 1 aliphatic rings. The average molecular weight is 380 g/mol. The van der Waals surface area contributed by atoms with Crippen molar-refractivity contribution in [3.63, 3.8) is 0 Å². The smallest absolute Gasteiger partial charge is 0.315 e. The van der Waals surface area contributed by atoms with Gasteiger partial charge in [0.05, 0.1) is 18.3 Å². The van der Waals surface area contributed by atoms with Crippen LogP contribution in [0, 0.1) is 0 Å². The summed E-state index contributed by atoms with van der Waals surface area (Å²) in [7, 11) is 0. The molecule has 0 aliphatic carbocycles. The van der Waals surface area contributed by atoms with E-state index >= 15 is 0 Å². The summed E-state index contributed by atoms with van der Waals surface area (Å²) >= 11 is 1.25. The summed E-state index contributed by atoms with van der Waals surface area (Å²) in [5.41, 5.74) is 2.41. The number of nitrogens with one attached hydrogen (secondary N) is 2. The van der Waals surface area contributed by atoms with Crippen molar-refractivity contribution in [2.24, 2.45) is 0 Å². The first kappa shape index (κ1) is 17.2. The SMILES string of the molecule is O=C(Nc1nc(-c2cccnc2)cs1)C(=O)NC1CCOc2ccccc21. The van der Waals surface area contributed by atoms with Crippen molar-refractivity contribution in [3.8, 4) is 17.0 Å². The van der Waals surface area contributed by atoms with Crippen LogP contribution in [0.15, 0.2) is 54.2 Å². The lowest BCUT2D eigenvalue weighted by Crippen LogP contribution is -2.39. The number of amides is 2. The number of hydrogen-bond acceptors (Lipinski definition) is 6. The molecule has 136 valence electrons. The van der Waals surface area contributed by atoms with Crippen molar-refractivity contribution in [2.45, 2.75) is 12.5 Å². The number of thiazole rings is 1. The summed E-state index contributed by atoms with van der Waals surface area (Å²) in [6, 6.07) is 10.9. The molecule has 2 N–H and O–H groups in total. The van der Waals surface area contributed by atoms with Crippen LogP contribution in [0.1, 0.15) is 18.0 Å². The van der Waals surface area contributed by atoms with Crippen LogP contribution in [0.2, 0.25) is 0 Å². The molecule has 3 aromatic rings. The van der Waals surface area contributed by atoms with Gasteiger partial charge in [-0.1, -0.05) is 18.2 Å². The Morgan fingerprint density at radius 2 is 2.04 bits per heavy atom. The number of para-hydroxylation sites is 1. The molecule has 0 saturated carbocycles. The lowest BCUT2D eigenvalue weighted by molar-refractivity contribution is -0.136. The molecule has 0 saturated heterocycles. The molecule has 0 radical (unpaired) electrons. The molecule has 7 nitrogen and oxygen atoms in total. The molecule has 0 spiro atoms. The molecule has 1 unspecified atom stereocenters. The van der Waals surface area contributed by atoms with E-state index in [9.17, 15) is 9.59 Å². The summed E-state index contributed by atoms with van der Waals surface area (Å²) in [6.07, 6.45) is 3.98. The van der Waals surface area contributed by atoms with Gasteiger partial charge >= 0.3 is 11.8 Å². The minimum Gasteiger partial charge on any atom is -0.493 e. The zero-order valence-electron chi connectivity index (χ0n) is 14.2. The van der Waals surface area contributed by atoms with Crippen molar-refractivity contribution in [3.05, 3.63) is 59.7 Å². The Bertz CT molecular complexity index is 974. The van der Waals surface area contributed by atoms with Gasteiger partial charge in [-0.2, -0.15) is 0 Å². The van der Waals surface area contributed by atoms with Gasteiger partial charge in [-0.05, 0) is 18.2 Å². The molecule has 27 heavy (non-hydrogen) atoms. The summed E-state index contributed by atoms with van der Waals surface area (Å²) in [5.74, 6) is -0.712. The number of hydrogen-bond donors (Lipinski definition) is 2. The van der Waals surface area contributed by atoms with Crippen LogP contribution in [0.25, 0.3) is 11.3 Å². The number of ether oxygens (including phenoxy) is 1. The van der Waals surface area contributed by atoms with Gasteiger partial charge in [-0.3, -0.25) is 19.9 Å². The number of anilines is 1. The van der Waals surface area contributed by atoms with Crippen molar-refractivity contribution in [1.82, 2.24) is 15.3 Å². The second kappa shape index (κ2) is 7.55. The second-order valence-electron chi connectivity index (χ2n) is 5.93. The molecule has 0 bridgehead atoms. The van der Waals surface area contributed by atoms with Gasteiger partial charge in [0.1, 0.15) is 5.75 Å². The summed E-state index contributed by atoms with van der Waals surface area (Å²) in [4.78, 5) is 32.9. The van der Waals surface area contributed by atoms with E-state index in [2.05, 4.69) is 20.6 Å². The standard InChI is InChI=1S/C19H16N4O3S/c24-17(21-14-7-9-26-16-6-2-1-5-13(14)16)18(25)23-19-22-15(11-27-19)12-4-3-8-20-10-12/h1-6,8,10-11,14H,7,9H2,(H,21,24)(H,22,23,25). The zero-order chi connectivity index (χ0) is 18.6. The van der Waals surface area contributed by atoms with Crippen molar-refractivity contribution in [1.29, 1.82) is 0 Å². The maximum Gasteiger partial charge on any atom is 0.315 e. The van der Waals surface area contributed by atoms with Crippen molar-refractivity contribution < 1.29 is 14.3 Å². The van der Waals surface area contributed by atoms with Crippen LogP contribution in [-0.2, 0) is 9.59 Å². The number of rotatable bonds is 3. The largest absolute Gasteiger partial charge is 0.493 e. The quantitative estimate of drug-likeness (QED) is 0.682. The fourth-order valence-corrected chi connectivity index (χ4v) is 3.56. The van der Waals surface area contributed by atoms with Gasteiger partial charge in [-0.25, -0.2) is 4.98 Å². The fourth-order valence-electron chi connectivity index (χ4n) is 2.85. The molecule has 2 amide bonds. The molecule has 1 atom stereocenters. The highest BCUT2D eigenvalue weighted by Gasteiger charge is 2.25. The predicted octanol–water partition coefficient (Wildman–Crippen LogP) is 2.78. The maximum absolute atomic E-state index is 12.3. The van der Waals surface area contributed by atoms with E-state index in [1.807, 2.05) is 36.4 Å². The summed E-state index contributed by atoms with van der Waals surface area (Å²) in [6.45, 7) is 0.491. The highest BCUT2D eigenvalue weighted by Crippen LogP contribution is 2.31. The third kappa shape index (κ3) is 3.80. The Labute approximate surface area is 159 Å². The first-order valence-corrected chi connectivity index (χ1v) is 9.28. The maximum atomic E-state index is 12.3. The van der Waals surface area contributed by atoms with Crippen LogP contribution in [0.3, 0.4) is 0 Å². The van der Waals surface area contributed by atoms with Crippen LogP contribution in [0.4, 0.5) is 5.13 Å². The summed E-state index contributed by atoms with van der Waals surface area (Å²) in [5, 5.41) is 7.49. The van der Waals surface area contributed by atoms with E-state index in [1.165, 1.54) is 11.3 Å². The monoisotopic (exact) mass is 380 g/mol. The van der Waals surface area contributed by atoms with Gasteiger partial charge in [0.25, 0.3) is 0 Å². The Hall–Kier alpha value is -3.26. The van der Waals surface area contributed by atoms with E-state index in [0.717, 1.165) is 16.9 Å². The number of aromatic nitrogens is 2. The molecular formula is C19H16N4O3S. The first-order valence-electron chi connectivity index (χ1n) is 8.40. The average Bonchev–Trinajstić information content (AvgIpc) is 3.17. The lowest BCUT2D eigenvalue weighted by atomic mass is 10.0. The number of benzene rings is 1. The molecular weight excluding hydrogens is 364 g/mol. The van der Waals surface area contributed by atoms with Gasteiger partial charge in [0.15, 0.2) is 5.13 Å². The van der Waals surface area contributed by atoms with Gasteiger partial charge in [-0.15, -0.1) is 11.3 Å². The van der Waals surface area contributed by atoms with E-state index < -0.39 is 11.8 Å². The lowest BCUT2D eigenvalue weighted by Gasteiger charge is -2.26. The molecule has 2 aromatic heterocycles. The molecule has 4 rings (SSSR count). The molecule has 1 aromatic carbocycles. The second-order valence-corrected chi connectivity index (χ2v) is 6.79. The summed E-state index contributed by atoms with van der Waals surface area (Å²) < 4.78 is 5.57. The zero-order valence-corrected chi connectivity index (χ0v) is 15.0. The Balaban J connectivity index is 1.41. The van der Waals surface area contributed by atoms with Crippen molar-refractivity contribution >= 4 is 28.3 Å². The van der Waals surface area contributed by atoms with Crippen LogP contribution >= 0.6 is 11.3 Å². The minimum absolute atomic E-state index is 0.254. The van der Waals surface area contributed by atoms with Gasteiger partial charge < -0.3 is 10.1 Å². The van der Waals surface area contributed by atoms with Crippen LogP contribution < -0.4 is 15.4 Å². The highest BCUT2D eigenvalue weighted by molar-refractivity contribution is 7.14. The van der Waals surface area contributed by atoms with Crippen LogP contribution in [-0.4, -0.2) is 28.4 Å². The van der Waals surface area contributed by atoms with Crippen molar-refractivity contribution in [2.75, 3.05) is 11.9 Å². The normalized spacial score (nSPS) is 15.3. The first-order chi connectivity index (χ1) is 13.2. The van der Waals surface area contributed by atoms with E-state index in [0.29, 0.717) is 23.9 Å². The molecule has 8 heteroatoms. The van der Waals surface area contributed by atoms with Gasteiger partial charge in [0.2, 0.25) is 0 Å². The molecule has 0 fully saturated rings. The molecule has 3 heterocycles. The number of nitrogens with zero attached hydrogens (tertiary/aromatic N) is 2. The predicted molar refractivity (Wildman–Crippen MR) is 101 cm³/mol. The van der Waals surface area contributed by atoms with Crippen LogP contribution in [0.5, 0.6) is 5.75 Å². The Morgan fingerprint density at radius 3 is 2.89 bits per heavy atom. The topological polar surface area (TPSA) is 93.2 Å². The highest BCUT2D eigenvalue weighted by atomic mass is 32.1. The molecule has 1 aliphatic heterocycles. The Morgan fingerprint density at radius 1 is 1.15 bits per heavy atom. The number of carbonyl (C=O) groups excluding carboxylic acids is 2. The van der Waals surface area contributed by atoms with E-state index in [1.54, 1.807) is 17.8 Å².